The van der Waals surface area contributed by atoms with Crippen LogP contribution in [0.4, 0.5) is 0 Å². The summed E-state index contributed by atoms with van der Waals surface area (Å²) >= 11 is 0. The van der Waals surface area contributed by atoms with Crippen LogP contribution in [0.3, 0.4) is 0 Å². The van der Waals surface area contributed by atoms with Crippen LogP contribution in [0.15, 0.2) is 67.3 Å². The van der Waals surface area contributed by atoms with Crippen molar-refractivity contribution in [2.24, 2.45) is 17.3 Å². The van der Waals surface area contributed by atoms with Crippen molar-refractivity contribution >= 4 is 40.5 Å². The highest BCUT2D eigenvalue weighted by Crippen LogP contribution is 2.42. The van der Waals surface area contributed by atoms with Crippen LogP contribution in [0.2, 0.25) is 0 Å². The number of nitrogens with one attached hydrogen (secondary N) is 2. The Balaban J connectivity index is 1.31. The fourth-order valence-electron chi connectivity index (χ4n) is 10.5. The van der Waals surface area contributed by atoms with Crippen LogP contribution < -0.4 is 10.7 Å². The number of phenolic OH excluding ortho intramolecular Hbond substituents is 1. The van der Waals surface area contributed by atoms with Crippen molar-refractivity contribution in [3.63, 3.8) is 0 Å². The Morgan fingerprint density at radius 2 is 1.80 bits per heavy atom. The van der Waals surface area contributed by atoms with Gasteiger partial charge in [-0.1, -0.05) is 64.6 Å². The molecule has 3 aliphatic rings. The smallest absolute Gasteiger partial charge is 0.324 e. The first-order valence-electron chi connectivity index (χ1n) is 24.3. The minimum Gasteiger partial charge on any atom is -0.508 e. The quantitative estimate of drug-likeness (QED) is 0.112. The molecular formula is C54H71N7O8. The molecule has 4 heterocycles. The molecule has 15 heteroatoms. The van der Waals surface area contributed by atoms with E-state index in [0.29, 0.717) is 50.9 Å². The van der Waals surface area contributed by atoms with E-state index in [9.17, 15) is 29.1 Å². The number of methoxy groups -OCH3 is 1. The maximum Gasteiger partial charge on any atom is 0.324 e. The minimum atomic E-state index is -1.16. The molecule has 6 bridgehead atoms. The number of rotatable bonds is 12. The third-order valence-corrected chi connectivity index (χ3v) is 13.8. The Morgan fingerprint density at radius 3 is 2.49 bits per heavy atom. The molecule has 4 atom stereocenters. The summed E-state index contributed by atoms with van der Waals surface area (Å²) in [6.07, 6.45) is 3.20. The van der Waals surface area contributed by atoms with E-state index in [1.807, 2.05) is 26.0 Å². The van der Waals surface area contributed by atoms with Gasteiger partial charge < -0.3 is 39.2 Å². The number of ether oxygens (including phenoxy) is 2. The largest absolute Gasteiger partial charge is 0.508 e. The van der Waals surface area contributed by atoms with Gasteiger partial charge in [-0.3, -0.25) is 29.0 Å². The highest BCUT2D eigenvalue weighted by Gasteiger charge is 2.40. The first-order valence-corrected chi connectivity index (χ1v) is 24.3. The number of likely N-dealkylation sites (N-methyl/N-ethyl adjacent to an activating group) is 1. The number of hydrogen-bond acceptors (Lipinski definition) is 10. The number of phenols is 1. The highest BCUT2D eigenvalue weighted by atomic mass is 16.5. The molecule has 3 N–H and O–H groups in total. The first-order chi connectivity index (χ1) is 32.8. The van der Waals surface area contributed by atoms with Gasteiger partial charge in [0, 0.05) is 75.2 Å². The van der Waals surface area contributed by atoms with Crippen molar-refractivity contribution in [2.75, 3.05) is 54.5 Å². The zero-order valence-electron chi connectivity index (χ0n) is 41.9. The number of amides is 4. The van der Waals surface area contributed by atoms with Crippen LogP contribution in [0.25, 0.3) is 33.3 Å². The number of carbonyl (C=O) groups is 5. The number of benzene rings is 3. The van der Waals surface area contributed by atoms with Crippen LogP contribution in [-0.4, -0.2) is 132 Å². The number of aromatic hydroxyl groups is 1. The van der Waals surface area contributed by atoms with Gasteiger partial charge in [0.25, 0.3) is 5.91 Å². The van der Waals surface area contributed by atoms with Gasteiger partial charge in [0.15, 0.2) is 0 Å². The average molecular weight is 946 g/mol. The molecule has 0 unspecified atom stereocenters. The fraction of sp³-hybridized carbons (Fsp3) is 0.500. The minimum absolute atomic E-state index is 0.00504. The number of cyclic esters (lactones) is 1. The van der Waals surface area contributed by atoms with Crippen LogP contribution in [-0.2, 0) is 66.0 Å². The van der Waals surface area contributed by atoms with Crippen molar-refractivity contribution in [1.82, 2.24) is 35.0 Å². The number of fused-ring (bicyclic) bond motifs is 6. The molecular weight excluding hydrogens is 875 g/mol. The number of hydrogen-bond donors (Lipinski definition) is 3. The zero-order valence-corrected chi connectivity index (χ0v) is 41.9. The lowest BCUT2D eigenvalue weighted by Gasteiger charge is -2.37. The summed E-state index contributed by atoms with van der Waals surface area (Å²) < 4.78 is 14.3. The molecule has 2 saturated heterocycles. The van der Waals surface area contributed by atoms with Gasteiger partial charge >= 0.3 is 5.97 Å². The number of aromatic nitrogens is 1. The second-order valence-electron chi connectivity index (χ2n) is 20.5. The van der Waals surface area contributed by atoms with E-state index < -0.39 is 47.2 Å². The van der Waals surface area contributed by atoms with E-state index in [-0.39, 0.29) is 49.6 Å². The lowest BCUT2D eigenvalue weighted by molar-refractivity contribution is -0.155. The van der Waals surface area contributed by atoms with Gasteiger partial charge in [-0.25, -0.2) is 5.43 Å². The molecule has 0 saturated carbocycles. The summed E-state index contributed by atoms with van der Waals surface area (Å²) in [5, 5.41) is 16.8. The van der Waals surface area contributed by atoms with Crippen LogP contribution in [0.5, 0.6) is 5.75 Å². The lowest BCUT2D eigenvalue weighted by atomic mass is 9.83. The number of carbonyl (C=O) groups excluding carboxylic acids is 5. The third-order valence-electron chi connectivity index (χ3n) is 13.8. The molecule has 3 aliphatic heterocycles. The van der Waals surface area contributed by atoms with Crippen molar-refractivity contribution in [1.29, 1.82) is 0 Å². The van der Waals surface area contributed by atoms with E-state index in [2.05, 4.69) is 92.0 Å². The third kappa shape index (κ3) is 11.2. The predicted molar refractivity (Wildman–Crippen MR) is 266 cm³/mol. The van der Waals surface area contributed by atoms with E-state index in [4.69, 9.17) is 9.47 Å². The maximum atomic E-state index is 14.8. The Bertz CT molecular complexity index is 2600. The zero-order chi connectivity index (χ0) is 49.9. The predicted octanol–water partition coefficient (Wildman–Crippen LogP) is 6.07. The monoisotopic (exact) mass is 946 g/mol. The molecule has 370 valence electrons. The lowest BCUT2D eigenvalue weighted by Crippen LogP contribution is -2.62. The number of nitrogens with zero attached hydrogens (tertiary/aromatic N) is 5. The standard InChI is InChI=1S/C54H71N7O8/c1-11-47(63)59-21-19-37(30-59)51(65)58(9)48(33(3)4)50(64)55-45-25-35-23-38(26-40(62)24-35)36-16-18-46-42(27-36)43(28-54(5,6)32-69-53(67)44-14-13-20-61(56-44)52(45)66)49(60(46)12-2)41-17-15-34(29-57(7)8)22-39(41)31-68-10/h11,15-18,22-24,26-27,33,37,44-45,48,56,62H,1,12-14,19-21,25,28-32H2,2-10H3,(H,55,64)/t37-,44-,45-,48-/m0/s1. The van der Waals surface area contributed by atoms with Crippen LogP contribution in [0.1, 0.15) is 76.1 Å². The number of esters is 1. The Kier molecular flexibility index (Phi) is 15.7. The SMILES string of the molecule is C=CC(=O)N1CC[C@H](C(=O)N(C)[C@H](C(=O)N[C@H]2Cc3cc(O)cc(c3)-c3ccc4c(c3)c(c(-c3ccc(CN(C)C)cc3COC)n4CC)CC(C)(C)COC(=O)[C@@H]3CCCN(N3)C2=O)C(C)C)C1. The Hall–Kier alpha value is -6.03. The maximum absolute atomic E-state index is 14.8. The molecule has 1 aromatic heterocycles. The van der Waals surface area contributed by atoms with E-state index in [0.717, 1.165) is 51.0 Å². The number of aryl methyl sites for hydroxylation is 1. The van der Waals surface area contributed by atoms with E-state index in [1.54, 1.807) is 31.2 Å². The van der Waals surface area contributed by atoms with Gasteiger partial charge in [0.05, 0.1) is 24.8 Å². The van der Waals surface area contributed by atoms with Gasteiger partial charge in [0.2, 0.25) is 17.7 Å². The number of hydrazine groups is 1. The first kappa shape index (κ1) is 50.8. The Labute approximate surface area is 406 Å². The average Bonchev–Trinajstić information content (AvgIpc) is 3.92. The summed E-state index contributed by atoms with van der Waals surface area (Å²) in [4.78, 5) is 74.7. The molecule has 2 fully saturated rings. The summed E-state index contributed by atoms with van der Waals surface area (Å²) in [6.45, 7) is 16.5. The molecule has 69 heavy (non-hydrogen) atoms. The highest BCUT2D eigenvalue weighted by molar-refractivity contribution is 5.96. The van der Waals surface area contributed by atoms with Crippen molar-refractivity contribution in [3.8, 4) is 28.1 Å². The molecule has 3 aromatic carbocycles. The van der Waals surface area contributed by atoms with Gasteiger partial charge in [0.1, 0.15) is 23.9 Å². The molecule has 7 rings (SSSR count). The van der Waals surface area contributed by atoms with Gasteiger partial charge in [-0.05, 0) is 116 Å². The molecule has 0 spiro atoms. The molecule has 15 nitrogen and oxygen atoms in total. The van der Waals surface area contributed by atoms with Crippen molar-refractivity contribution in [3.05, 3.63) is 89.5 Å². The second kappa shape index (κ2) is 21.3. The van der Waals surface area contributed by atoms with Crippen LogP contribution >= 0.6 is 0 Å². The molecule has 4 aromatic rings. The van der Waals surface area contributed by atoms with Gasteiger partial charge in [-0.15, -0.1) is 0 Å². The topological polar surface area (TPSA) is 166 Å². The summed E-state index contributed by atoms with van der Waals surface area (Å²) in [5.74, 6) is -2.83. The van der Waals surface area contributed by atoms with E-state index >= 15 is 0 Å². The number of likely N-dealkylation sites (tertiary alicyclic amines) is 1. The molecule has 0 aliphatic carbocycles. The Morgan fingerprint density at radius 1 is 1.03 bits per heavy atom. The van der Waals surface area contributed by atoms with Crippen molar-refractivity contribution < 1.29 is 38.6 Å². The summed E-state index contributed by atoms with van der Waals surface area (Å²) in [5.41, 5.74) is 11.3. The van der Waals surface area contributed by atoms with Gasteiger partial charge in [-0.2, -0.15) is 0 Å². The normalized spacial score (nSPS) is 20.2. The second-order valence-corrected chi connectivity index (χ2v) is 20.5. The molecule has 4 amide bonds. The van der Waals surface area contributed by atoms with Crippen LogP contribution in [0, 0.1) is 17.3 Å². The van der Waals surface area contributed by atoms with Crippen molar-refractivity contribution in [2.45, 2.75) is 105 Å². The van der Waals surface area contributed by atoms with E-state index in [1.165, 1.54) is 21.5 Å². The fourth-order valence-corrected chi connectivity index (χ4v) is 10.5. The summed E-state index contributed by atoms with van der Waals surface area (Å²) in [7, 11) is 7.40. The summed E-state index contributed by atoms with van der Waals surface area (Å²) in [6, 6.07) is 15.2. The molecule has 0 radical (unpaired) electrons.